The summed E-state index contributed by atoms with van der Waals surface area (Å²) in [6.07, 6.45) is 0.748. The first-order chi connectivity index (χ1) is 7.26. The van der Waals surface area contributed by atoms with Gasteiger partial charge in [0.15, 0.2) is 0 Å². The number of hydrogen-bond donors (Lipinski definition) is 2. The van der Waals surface area contributed by atoms with Crippen LogP contribution in [0.1, 0.15) is 24.5 Å². The van der Waals surface area contributed by atoms with Crippen LogP contribution in [0.15, 0.2) is 24.3 Å². The van der Waals surface area contributed by atoms with Crippen molar-refractivity contribution in [2.45, 2.75) is 25.9 Å². The van der Waals surface area contributed by atoms with Crippen LogP contribution in [0.25, 0.3) is 0 Å². The van der Waals surface area contributed by atoms with Crippen LogP contribution in [0, 0.1) is 11.3 Å². The lowest BCUT2D eigenvalue weighted by Crippen LogP contribution is -2.26. The molecule has 1 atom stereocenters. The van der Waals surface area contributed by atoms with E-state index in [4.69, 9.17) is 10.4 Å². The zero-order valence-electron chi connectivity index (χ0n) is 8.90. The fourth-order valence-corrected chi connectivity index (χ4v) is 1.34. The Bertz CT molecular complexity index is 344. The van der Waals surface area contributed by atoms with Crippen LogP contribution >= 0.6 is 0 Å². The number of aliphatic hydroxyl groups excluding tert-OH is 1. The van der Waals surface area contributed by atoms with E-state index in [9.17, 15) is 0 Å². The van der Waals surface area contributed by atoms with Gasteiger partial charge in [-0.05, 0) is 31.0 Å². The third-order valence-corrected chi connectivity index (χ3v) is 2.27. The van der Waals surface area contributed by atoms with Crippen LogP contribution in [0.3, 0.4) is 0 Å². The number of nitrogens with one attached hydrogen (secondary N) is 1. The van der Waals surface area contributed by atoms with Crippen LogP contribution in [0.4, 0.5) is 0 Å². The summed E-state index contributed by atoms with van der Waals surface area (Å²) < 4.78 is 0. The predicted octanol–water partition coefficient (Wildman–Crippen LogP) is 1.42. The van der Waals surface area contributed by atoms with Crippen molar-refractivity contribution in [1.29, 1.82) is 5.26 Å². The molecule has 0 aliphatic heterocycles. The second-order valence-corrected chi connectivity index (χ2v) is 3.61. The Morgan fingerprint density at radius 2 is 2.33 bits per heavy atom. The minimum Gasteiger partial charge on any atom is -0.396 e. The fraction of sp³-hybridized carbons (Fsp3) is 0.417. The molecule has 0 aliphatic carbocycles. The van der Waals surface area contributed by atoms with Crippen molar-refractivity contribution >= 4 is 0 Å². The molecule has 0 bridgehead atoms. The molecule has 1 aromatic rings. The smallest absolute Gasteiger partial charge is 0.0991 e. The van der Waals surface area contributed by atoms with Crippen LogP contribution in [-0.2, 0) is 6.54 Å². The van der Waals surface area contributed by atoms with E-state index in [-0.39, 0.29) is 6.61 Å². The van der Waals surface area contributed by atoms with Crippen LogP contribution in [0.2, 0.25) is 0 Å². The SMILES string of the molecule is C[C@H](CCO)NCc1cccc(C#N)c1. The van der Waals surface area contributed by atoms with Crippen molar-refractivity contribution in [2.24, 2.45) is 0 Å². The van der Waals surface area contributed by atoms with Gasteiger partial charge in [0.2, 0.25) is 0 Å². The van der Waals surface area contributed by atoms with Crippen LogP contribution < -0.4 is 5.32 Å². The van der Waals surface area contributed by atoms with E-state index >= 15 is 0 Å². The average Bonchev–Trinajstić information content (AvgIpc) is 2.27. The summed E-state index contributed by atoms with van der Waals surface area (Å²) in [6.45, 7) is 2.97. The average molecular weight is 204 g/mol. The third-order valence-electron chi connectivity index (χ3n) is 2.27. The Balaban J connectivity index is 2.47. The molecule has 2 N–H and O–H groups in total. The lowest BCUT2D eigenvalue weighted by Gasteiger charge is -2.12. The van der Waals surface area contributed by atoms with Gasteiger partial charge in [0, 0.05) is 19.2 Å². The molecule has 0 aromatic heterocycles. The van der Waals surface area contributed by atoms with Crippen molar-refractivity contribution in [3.8, 4) is 6.07 Å². The van der Waals surface area contributed by atoms with E-state index in [1.807, 2.05) is 25.1 Å². The molecular weight excluding hydrogens is 188 g/mol. The highest BCUT2D eigenvalue weighted by atomic mass is 16.3. The summed E-state index contributed by atoms with van der Waals surface area (Å²) in [4.78, 5) is 0. The third kappa shape index (κ3) is 4.11. The Morgan fingerprint density at radius 1 is 1.53 bits per heavy atom. The minimum atomic E-state index is 0.201. The molecule has 0 amide bonds. The van der Waals surface area contributed by atoms with Crippen molar-refractivity contribution in [1.82, 2.24) is 5.32 Å². The number of hydrogen-bond acceptors (Lipinski definition) is 3. The fourth-order valence-electron chi connectivity index (χ4n) is 1.34. The molecule has 3 heteroatoms. The molecule has 0 unspecified atom stereocenters. The first-order valence-corrected chi connectivity index (χ1v) is 5.09. The first-order valence-electron chi connectivity index (χ1n) is 5.09. The number of rotatable bonds is 5. The quantitative estimate of drug-likeness (QED) is 0.762. The van der Waals surface area contributed by atoms with Gasteiger partial charge in [0.1, 0.15) is 0 Å². The maximum atomic E-state index is 8.73. The van der Waals surface area contributed by atoms with Crippen molar-refractivity contribution < 1.29 is 5.11 Å². The van der Waals surface area contributed by atoms with E-state index in [1.165, 1.54) is 0 Å². The molecule has 1 rings (SSSR count). The summed E-state index contributed by atoms with van der Waals surface area (Å²) in [5, 5.41) is 20.7. The van der Waals surface area contributed by atoms with Gasteiger partial charge in [-0.1, -0.05) is 12.1 Å². The number of nitrogens with zero attached hydrogens (tertiary/aromatic N) is 1. The lowest BCUT2D eigenvalue weighted by molar-refractivity contribution is 0.268. The highest BCUT2D eigenvalue weighted by molar-refractivity contribution is 5.32. The van der Waals surface area contributed by atoms with Crippen LogP contribution in [-0.4, -0.2) is 17.8 Å². The van der Waals surface area contributed by atoms with Gasteiger partial charge in [0.05, 0.1) is 11.6 Å². The summed E-state index contributed by atoms with van der Waals surface area (Å²) in [5.74, 6) is 0. The molecule has 0 aliphatic rings. The van der Waals surface area contributed by atoms with Gasteiger partial charge in [-0.2, -0.15) is 5.26 Å². The Hall–Kier alpha value is -1.37. The molecule has 0 fully saturated rings. The number of benzene rings is 1. The van der Waals surface area contributed by atoms with Gasteiger partial charge in [-0.15, -0.1) is 0 Å². The second kappa shape index (κ2) is 6.18. The Morgan fingerprint density at radius 3 is 3.00 bits per heavy atom. The lowest BCUT2D eigenvalue weighted by atomic mass is 10.1. The molecule has 3 nitrogen and oxygen atoms in total. The van der Waals surface area contributed by atoms with Gasteiger partial charge >= 0.3 is 0 Å². The number of aliphatic hydroxyl groups is 1. The monoisotopic (exact) mass is 204 g/mol. The highest BCUT2D eigenvalue weighted by Gasteiger charge is 2.00. The van der Waals surface area contributed by atoms with E-state index in [2.05, 4.69) is 11.4 Å². The van der Waals surface area contributed by atoms with E-state index < -0.39 is 0 Å². The molecular formula is C12H16N2O. The van der Waals surface area contributed by atoms with Gasteiger partial charge in [-0.25, -0.2) is 0 Å². The molecule has 1 aromatic carbocycles. The number of nitriles is 1. The zero-order valence-corrected chi connectivity index (χ0v) is 8.90. The standard InChI is InChI=1S/C12H16N2O/c1-10(5-6-15)14-9-12-4-2-3-11(7-12)8-13/h2-4,7,10,14-15H,5-6,9H2,1H3/t10-/m1/s1. The van der Waals surface area contributed by atoms with Crippen molar-refractivity contribution in [3.05, 3.63) is 35.4 Å². The van der Waals surface area contributed by atoms with E-state index in [0.29, 0.717) is 11.6 Å². The molecule has 15 heavy (non-hydrogen) atoms. The Labute approximate surface area is 90.4 Å². The summed E-state index contributed by atoms with van der Waals surface area (Å²) in [7, 11) is 0. The molecule has 80 valence electrons. The maximum absolute atomic E-state index is 8.73. The zero-order chi connectivity index (χ0) is 11.1. The van der Waals surface area contributed by atoms with Gasteiger partial charge in [0.25, 0.3) is 0 Å². The molecule has 0 spiro atoms. The second-order valence-electron chi connectivity index (χ2n) is 3.61. The van der Waals surface area contributed by atoms with E-state index in [0.717, 1.165) is 18.5 Å². The van der Waals surface area contributed by atoms with Gasteiger partial charge in [-0.3, -0.25) is 0 Å². The minimum absolute atomic E-state index is 0.201. The highest BCUT2D eigenvalue weighted by Crippen LogP contribution is 2.04. The molecule has 0 saturated heterocycles. The van der Waals surface area contributed by atoms with Gasteiger partial charge < -0.3 is 10.4 Å². The summed E-state index contributed by atoms with van der Waals surface area (Å²) in [5.41, 5.74) is 1.78. The van der Waals surface area contributed by atoms with Crippen molar-refractivity contribution in [3.63, 3.8) is 0 Å². The summed E-state index contributed by atoms with van der Waals surface area (Å²) in [6, 6.07) is 9.94. The largest absolute Gasteiger partial charge is 0.396 e. The predicted molar refractivity (Wildman–Crippen MR) is 59.2 cm³/mol. The molecule has 0 heterocycles. The first kappa shape index (κ1) is 11.7. The van der Waals surface area contributed by atoms with Crippen LogP contribution in [0.5, 0.6) is 0 Å². The Kier molecular flexibility index (Phi) is 4.82. The normalized spacial score (nSPS) is 12.1. The molecule has 0 radical (unpaired) electrons. The van der Waals surface area contributed by atoms with Crippen molar-refractivity contribution in [2.75, 3.05) is 6.61 Å². The maximum Gasteiger partial charge on any atom is 0.0991 e. The summed E-state index contributed by atoms with van der Waals surface area (Å²) >= 11 is 0. The van der Waals surface area contributed by atoms with E-state index in [1.54, 1.807) is 6.07 Å². The molecule has 0 saturated carbocycles. The topological polar surface area (TPSA) is 56.0 Å².